The van der Waals surface area contributed by atoms with E-state index in [1.807, 2.05) is 0 Å². The molecule has 0 spiro atoms. The van der Waals surface area contributed by atoms with E-state index in [9.17, 15) is 19.6 Å². The molecule has 8 heteroatoms. The van der Waals surface area contributed by atoms with E-state index < -0.39 is 0 Å². The molecule has 0 N–H and O–H groups in total. The molecule has 0 bridgehead atoms. The molecular formula is C18H20ClF2N4Ta-3. The summed E-state index contributed by atoms with van der Waals surface area (Å²) in [6.45, 7) is 0. The minimum Gasteiger partial charge on any atom is -1.00 e. The predicted octanol–water partition coefficient (Wildman–Crippen LogP) is 0.408. The Morgan fingerprint density at radius 1 is 0.654 bits per heavy atom. The van der Waals surface area contributed by atoms with Gasteiger partial charge in [-0.1, -0.05) is 64.1 Å². The first kappa shape index (κ1) is 26.5. The maximum absolute atomic E-state index is 12.4. The monoisotopic (exact) mass is 546 g/mol. The quantitative estimate of drug-likeness (QED) is 0.405. The van der Waals surface area contributed by atoms with Crippen molar-refractivity contribution in [2.75, 3.05) is 28.2 Å². The SMILES string of the molecule is CN(C)C(=[N-])c1ccc(F)cc1.CN(C)C(=[N-])c1ccc(F)cc1.[Cl-].[Ta]. The summed E-state index contributed by atoms with van der Waals surface area (Å²) in [4.78, 5) is 3.13. The van der Waals surface area contributed by atoms with Crippen molar-refractivity contribution in [3.8, 4) is 0 Å². The molecule has 0 saturated carbocycles. The molecule has 0 aliphatic rings. The van der Waals surface area contributed by atoms with Gasteiger partial charge in [-0.2, -0.15) is 0 Å². The Morgan fingerprint density at radius 3 is 1.08 bits per heavy atom. The van der Waals surface area contributed by atoms with Gasteiger partial charge in [0, 0.05) is 22.4 Å². The van der Waals surface area contributed by atoms with Gasteiger partial charge in [-0.05, 0) is 35.4 Å². The van der Waals surface area contributed by atoms with Crippen molar-refractivity contribution in [3.63, 3.8) is 0 Å². The van der Waals surface area contributed by atoms with Gasteiger partial charge in [-0.3, -0.25) is 0 Å². The molecule has 0 saturated heterocycles. The molecule has 0 atom stereocenters. The number of hydrogen-bond acceptors (Lipinski definition) is 0. The van der Waals surface area contributed by atoms with Crippen molar-refractivity contribution in [2.24, 2.45) is 0 Å². The maximum atomic E-state index is 12.4. The van der Waals surface area contributed by atoms with Crippen LogP contribution < -0.4 is 12.4 Å². The van der Waals surface area contributed by atoms with Crippen LogP contribution in [-0.4, -0.2) is 49.7 Å². The third-order valence-electron chi connectivity index (χ3n) is 3.05. The summed E-state index contributed by atoms with van der Waals surface area (Å²) in [6.07, 6.45) is 0. The Bertz CT molecular complexity index is 628. The van der Waals surface area contributed by atoms with Crippen LogP contribution in [0.4, 0.5) is 8.78 Å². The third kappa shape index (κ3) is 8.58. The molecule has 0 unspecified atom stereocenters. The van der Waals surface area contributed by atoms with E-state index in [1.54, 1.807) is 38.0 Å². The minimum atomic E-state index is -0.301. The number of benzene rings is 2. The van der Waals surface area contributed by atoms with Gasteiger partial charge >= 0.3 is 0 Å². The maximum Gasteiger partial charge on any atom is 0.123 e. The summed E-state index contributed by atoms with van der Waals surface area (Å²) in [5.41, 5.74) is 1.22. The van der Waals surface area contributed by atoms with Crippen molar-refractivity contribution in [3.05, 3.63) is 82.1 Å². The van der Waals surface area contributed by atoms with Crippen LogP contribution in [0, 0.1) is 11.6 Å². The zero-order valence-corrected chi connectivity index (χ0v) is 19.0. The van der Waals surface area contributed by atoms with Crippen LogP contribution in [0.2, 0.25) is 0 Å². The van der Waals surface area contributed by atoms with Crippen LogP contribution in [0.25, 0.3) is 10.8 Å². The summed E-state index contributed by atoms with van der Waals surface area (Å²) in [5, 5.41) is 18.8. The molecule has 2 aromatic rings. The Morgan fingerprint density at radius 2 is 0.885 bits per heavy atom. The second-order valence-corrected chi connectivity index (χ2v) is 5.45. The van der Waals surface area contributed by atoms with Crippen molar-refractivity contribution in [1.82, 2.24) is 9.80 Å². The fourth-order valence-corrected chi connectivity index (χ4v) is 1.71. The molecule has 0 heterocycles. The summed E-state index contributed by atoms with van der Waals surface area (Å²) >= 11 is 0. The van der Waals surface area contributed by atoms with Crippen LogP contribution in [-0.2, 0) is 22.4 Å². The topological polar surface area (TPSA) is 51.1 Å². The number of halogens is 3. The second-order valence-electron chi connectivity index (χ2n) is 5.45. The van der Waals surface area contributed by atoms with Crippen LogP contribution in [0.1, 0.15) is 11.1 Å². The molecule has 2 rings (SSSR count). The van der Waals surface area contributed by atoms with Crippen LogP contribution in [0.5, 0.6) is 0 Å². The summed E-state index contributed by atoms with van der Waals surface area (Å²) in [7, 11) is 6.88. The van der Waals surface area contributed by atoms with Crippen LogP contribution in [0.15, 0.2) is 48.5 Å². The molecule has 0 fully saturated rings. The molecule has 0 amide bonds. The van der Waals surface area contributed by atoms with Gasteiger partial charge in [-0.25, -0.2) is 8.78 Å². The number of nitrogens with zero attached hydrogens (tertiary/aromatic N) is 4. The number of hydrogen-bond donors (Lipinski definition) is 0. The number of rotatable bonds is 2. The first-order valence-electron chi connectivity index (χ1n) is 7.20. The Hall–Kier alpha value is -1.73. The van der Waals surface area contributed by atoms with E-state index in [0.29, 0.717) is 11.1 Å². The summed E-state index contributed by atoms with van der Waals surface area (Å²) < 4.78 is 24.9. The summed E-state index contributed by atoms with van der Waals surface area (Å²) in [5.74, 6) is -0.333. The Labute approximate surface area is 175 Å². The predicted molar refractivity (Wildman–Crippen MR) is 95.1 cm³/mol. The standard InChI is InChI=1S/2C9H10FN2.ClH.Ta/c2*1-12(2)9(11)7-3-5-8(10)6-4-7;;/h2*3-6H,1-2H3;1H;/q2*-1;;/p-1. The van der Waals surface area contributed by atoms with E-state index in [4.69, 9.17) is 0 Å². The smallest absolute Gasteiger partial charge is 0.123 e. The van der Waals surface area contributed by atoms with Gasteiger partial charge in [-0.15, -0.1) is 0 Å². The molecule has 0 aliphatic carbocycles. The Balaban J connectivity index is 0. The first-order chi connectivity index (χ1) is 11.2. The van der Waals surface area contributed by atoms with Gasteiger partial charge < -0.3 is 33.0 Å². The first-order valence-corrected chi connectivity index (χ1v) is 7.20. The number of amidine groups is 2. The van der Waals surface area contributed by atoms with E-state index in [2.05, 4.69) is 0 Å². The van der Waals surface area contributed by atoms with Crippen LogP contribution >= 0.6 is 0 Å². The molecule has 1 radical (unpaired) electrons. The van der Waals surface area contributed by atoms with Gasteiger partial charge in [0.2, 0.25) is 0 Å². The molecular weight excluding hydrogens is 527 g/mol. The molecule has 0 aromatic heterocycles. The van der Waals surface area contributed by atoms with Crippen molar-refractivity contribution < 1.29 is 43.6 Å². The van der Waals surface area contributed by atoms with Gasteiger partial charge in [0.15, 0.2) is 0 Å². The Kier molecular flexibility index (Phi) is 12.8. The van der Waals surface area contributed by atoms with Crippen molar-refractivity contribution in [2.45, 2.75) is 0 Å². The van der Waals surface area contributed by atoms with Crippen molar-refractivity contribution >= 4 is 11.7 Å². The molecule has 141 valence electrons. The molecule has 0 aliphatic heterocycles. The zero-order valence-electron chi connectivity index (χ0n) is 15.0. The average molecular weight is 547 g/mol. The van der Waals surface area contributed by atoms with E-state index in [1.165, 1.54) is 48.5 Å². The van der Waals surface area contributed by atoms with E-state index in [-0.39, 0.29) is 58.1 Å². The fourth-order valence-electron chi connectivity index (χ4n) is 1.71. The fraction of sp³-hybridized carbons (Fsp3) is 0.222. The molecule has 26 heavy (non-hydrogen) atoms. The van der Waals surface area contributed by atoms with Crippen molar-refractivity contribution in [1.29, 1.82) is 0 Å². The molecule has 4 nitrogen and oxygen atoms in total. The average Bonchev–Trinajstić information content (AvgIpc) is 2.55. The zero-order chi connectivity index (χ0) is 18.3. The molecule has 2 aromatic carbocycles. The van der Waals surface area contributed by atoms with Gasteiger partial charge in [0.1, 0.15) is 11.6 Å². The third-order valence-corrected chi connectivity index (χ3v) is 3.05. The van der Waals surface area contributed by atoms with Crippen LogP contribution in [0.3, 0.4) is 0 Å². The second kappa shape index (κ2) is 12.6. The largest absolute Gasteiger partial charge is 1.00 e. The van der Waals surface area contributed by atoms with Gasteiger partial charge in [0.25, 0.3) is 0 Å². The summed E-state index contributed by atoms with van der Waals surface area (Å²) in [6, 6.07) is 11.4. The minimum absolute atomic E-state index is 0. The van der Waals surface area contributed by atoms with E-state index >= 15 is 0 Å². The van der Waals surface area contributed by atoms with Gasteiger partial charge in [0.05, 0.1) is 0 Å². The van der Waals surface area contributed by atoms with E-state index in [0.717, 1.165) is 0 Å². The normalized spacial score (nSPS) is 8.85.